The van der Waals surface area contributed by atoms with E-state index in [9.17, 15) is 9.59 Å². The number of carbonyl (C=O) groups excluding carboxylic acids is 2. The first-order valence-electron chi connectivity index (χ1n) is 12.9. The predicted molar refractivity (Wildman–Crippen MR) is 146 cm³/mol. The molecule has 1 fully saturated rings. The Hall–Kier alpha value is -4.05. The molecule has 1 aliphatic rings. The van der Waals surface area contributed by atoms with Crippen molar-refractivity contribution in [1.82, 2.24) is 29.2 Å². The summed E-state index contributed by atoms with van der Waals surface area (Å²) in [6.45, 7) is 9.31. The van der Waals surface area contributed by atoms with Crippen molar-refractivity contribution in [2.24, 2.45) is 0 Å². The maximum Gasteiger partial charge on any atom is 0.258 e. The lowest BCUT2D eigenvalue weighted by atomic mass is 10.1. The van der Waals surface area contributed by atoms with Crippen LogP contribution in [0.1, 0.15) is 48.3 Å². The van der Waals surface area contributed by atoms with Gasteiger partial charge in [-0.05, 0) is 63.5 Å². The number of fused-ring (bicyclic) bond motifs is 3. The van der Waals surface area contributed by atoms with E-state index in [-0.39, 0.29) is 24.0 Å². The van der Waals surface area contributed by atoms with E-state index in [4.69, 9.17) is 9.72 Å². The molecule has 5 rings (SSSR count). The second kappa shape index (κ2) is 10.7. The predicted octanol–water partition coefficient (Wildman–Crippen LogP) is 4.12. The van der Waals surface area contributed by atoms with Gasteiger partial charge in [0.15, 0.2) is 0 Å². The summed E-state index contributed by atoms with van der Waals surface area (Å²) in [6.07, 6.45) is 7.52. The van der Waals surface area contributed by atoms with Crippen molar-refractivity contribution in [1.29, 1.82) is 0 Å². The lowest BCUT2D eigenvalue weighted by Crippen LogP contribution is -2.34. The van der Waals surface area contributed by atoms with Gasteiger partial charge < -0.3 is 14.2 Å². The SMILES string of the molecule is C=CC(=O)N1CCCC[C@@H](n2c(NC(=O)c3ccnc(C)c3)nc3ccc4c(cnn4C[C@H](C)OC)c32)C1. The summed E-state index contributed by atoms with van der Waals surface area (Å²) in [5.41, 5.74) is 3.86. The molecular formula is C28H33N7O3. The molecule has 1 saturated heterocycles. The van der Waals surface area contributed by atoms with E-state index in [0.717, 1.165) is 46.9 Å². The van der Waals surface area contributed by atoms with Crippen molar-refractivity contribution in [2.75, 3.05) is 25.5 Å². The lowest BCUT2D eigenvalue weighted by molar-refractivity contribution is -0.126. The number of carbonyl (C=O) groups is 2. The Kier molecular flexibility index (Phi) is 7.24. The Labute approximate surface area is 221 Å². The van der Waals surface area contributed by atoms with Gasteiger partial charge in [-0.25, -0.2) is 4.98 Å². The number of benzene rings is 1. The van der Waals surface area contributed by atoms with Gasteiger partial charge in [0.25, 0.3) is 5.91 Å². The number of imidazole rings is 1. The monoisotopic (exact) mass is 515 g/mol. The van der Waals surface area contributed by atoms with Crippen LogP contribution in [-0.2, 0) is 16.1 Å². The van der Waals surface area contributed by atoms with Gasteiger partial charge in [0.2, 0.25) is 11.9 Å². The number of nitrogens with one attached hydrogen (secondary N) is 1. The third-order valence-electron chi connectivity index (χ3n) is 7.19. The summed E-state index contributed by atoms with van der Waals surface area (Å²) in [5.74, 6) is 0.0918. The molecule has 10 heteroatoms. The van der Waals surface area contributed by atoms with Crippen LogP contribution in [0.3, 0.4) is 0 Å². The minimum atomic E-state index is -0.263. The second-order valence-corrected chi connectivity index (χ2v) is 9.82. The summed E-state index contributed by atoms with van der Waals surface area (Å²) >= 11 is 0. The molecule has 1 N–H and O–H groups in total. The smallest absolute Gasteiger partial charge is 0.258 e. The van der Waals surface area contributed by atoms with Crippen LogP contribution in [0.25, 0.3) is 21.9 Å². The topological polar surface area (TPSA) is 107 Å². The van der Waals surface area contributed by atoms with Gasteiger partial charge in [-0.2, -0.15) is 5.10 Å². The van der Waals surface area contributed by atoms with Crippen molar-refractivity contribution in [3.63, 3.8) is 0 Å². The molecule has 198 valence electrons. The lowest BCUT2D eigenvalue weighted by Gasteiger charge is -2.26. The number of hydrogen-bond acceptors (Lipinski definition) is 6. The van der Waals surface area contributed by atoms with Crippen LogP contribution >= 0.6 is 0 Å². The number of ether oxygens (including phenoxy) is 1. The number of nitrogens with zero attached hydrogens (tertiary/aromatic N) is 6. The van der Waals surface area contributed by atoms with Gasteiger partial charge in [-0.15, -0.1) is 0 Å². The largest absolute Gasteiger partial charge is 0.380 e. The standard InChI is InChI=1S/C28H33N7O3/c1-5-25(36)33-13-7-6-8-21(17-33)35-26-22-15-30-34(16-19(3)38-4)24(22)10-9-23(26)31-28(35)32-27(37)20-11-12-29-18(2)14-20/h5,9-12,14-15,19,21H,1,6-8,13,16-17H2,2-4H3,(H,31,32,37)/t19-,21+/m0/s1. The second-order valence-electron chi connectivity index (χ2n) is 9.82. The van der Waals surface area contributed by atoms with E-state index in [1.165, 1.54) is 6.08 Å². The number of rotatable bonds is 7. The van der Waals surface area contributed by atoms with E-state index in [0.29, 0.717) is 31.1 Å². The third-order valence-corrected chi connectivity index (χ3v) is 7.19. The van der Waals surface area contributed by atoms with Crippen molar-refractivity contribution in [3.05, 3.63) is 60.6 Å². The first-order chi connectivity index (χ1) is 18.4. The van der Waals surface area contributed by atoms with Crippen LogP contribution in [0, 0.1) is 6.92 Å². The van der Waals surface area contributed by atoms with Gasteiger partial charge in [0.05, 0.1) is 41.4 Å². The molecule has 1 aromatic carbocycles. The zero-order chi connectivity index (χ0) is 26.8. The Morgan fingerprint density at radius 3 is 2.89 bits per heavy atom. The van der Waals surface area contributed by atoms with Gasteiger partial charge >= 0.3 is 0 Å². The van der Waals surface area contributed by atoms with E-state index in [1.807, 2.05) is 41.8 Å². The van der Waals surface area contributed by atoms with Crippen molar-refractivity contribution >= 4 is 39.7 Å². The molecule has 0 saturated carbocycles. The van der Waals surface area contributed by atoms with Crippen LogP contribution < -0.4 is 5.32 Å². The van der Waals surface area contributed by atoms with Crippen LogP contribution in [0.5, 0.6) is 0 Å². The van der Waals surface area contributed by atoms with E-state index >= 15 is 0 Å². The fraction of sp³-hybridized carbons (Fsp3) is 0.393. The summed E-state index contributed by atoms with van der Waals surface area (Å²) in [7, 11) is 1.69. The van der Waals surface area contributed by atoms with Crippen LogP contribution in [0.4, 0.5) is 5.95 Å². The number of aryl methyl sites for hydroxylation is 1. The first kappa shape index (κ1) is 25.6. The van der Waals surface area contributed by atoms with Gasteiger partial charge in [0, 0.05) is 43.0 Å². The number of likely N-dealkylation sites (tertiary alicyclic amines) is 1. The molecule has 2 amide bonds. The first-order valence-corrected chi connectivity index (χ1v) is 12.9. The molecule has 0 aliphatic carbocycles. The number of amides is 2. The maximum absolute atomic E-state index is 13.3. The van der Waals surface area contributed by atoms with Crippen molar-refractivity contribution in [2.45, 2.75) is 51.8 Å². The highest BCUT2D eigenvalue weighted by Crippen LogP contribution is 2.34. The Bertz CT molecular complexity index is 1510. The highest BCUT2D eigenvalue weighted by atomic mass is 16.5. The van der Waals surface area contributed by atoms with Crippen LogP contribution in [0.2, 0.25) is 0 Å². The molecule has 4 aromatic rings. The minimum absolute atomic E-state index is 0.00212. The van der Waals surface area contributed by atoms with Gasteiger partial charge in [-0.1, -0.05) is 6.58 Å². The molecule has 0 bridgehead atoms. The normalized spacial score (nSPS) is 16.9. The molecule has 4 heterocycles. The molecule has 10 nitrogen and oxygen atoms in total. The van der Waals surface area contributed by atoms with Crippen LogP contribution in [0.15, 0.2) is 49.3 Å². The Morgan fingerprint density at radius 2 is 2.13 bits per heavy atom. The number of pyridine rings is 1. The van der Waals surface area contributed by atoms with E-state index < -0.39 is 0 Å². The number of anilines is 1. The Morgan fingerprint density at radius 1 is 1.29 bits per heavy atom. The van der Waals surface area contributed by atoms with Crippen LogP contribution in [-0.4, -0.2) is 67.3 Å². The molecule has 0 radical (unpaired) electrons. The minimum Gasteiger partial charge on any atom is -0.380 e. The summed E-state index contributed by atoms with van der Waals surface area (Å²) in [5, 5.41) is 8.63. The molecule has 2 atom stereocenters. The van der Waals surface area contributed by atoms with Crippen molar-refractivity contribution in [3.8, 4) is 0 Å². The molecule has 1 aliphatic heterocycles. The average Bonchev–Trinajstić information content (AvgIpc) is 3.39. The van der Waals surface area contributed by atoms with Crippen molar-refractivity contribution < 1.29 is 14.3 Å². The quantitative estimate of drug-likeness (QED) is 0.371. The third kappa shape index (κ3) is 4.91. The van der Waals surface area contributed by atoms with E-state index in [2.05, 4.69) is 26.5 Å². The Balaban J connectivity index is 1.65. The summed E-state index contributed by atoms with van der Waals surface area (Å²) in [6, 6.07) is 7.30. The highest BCUT2D eigenvalue weighted by molar-refractivity contribution is 6.07. The van der Waals surface area contributed by atoms with E-state index in [1.54, 1.807) is 25.4 Å². The molecule has 0 spiro atoms. The fourth-order valence-electron chi connectivity index (χ4n) is 5.17. The molecule has 38 heavy (non-hydrogen) atoms. The summed E-state index contributed by atoms with van der Waals surface area (Å²) < 4.78 is 9.48. The zero-order valence-electron chi connectivity index (χ0n) is 22.1. The molecular weight excluding hydrogens is 482 g/mol. The zero-order valence-corrected chi connectivity index (χ0v) is 22.1. The number of methoxy groups -OCH3 is 1. The van der Waals surface area contributed by atoms with Gasteiger partial charge in [0.1, 0.15) is 0 Å². The molecule has 3 aromatic heterocycles. The highest BCUT2D eigenvalue weighted by Gasteiger charge is 2.28. The maximum atomic E-state index is 13.3. The number of hydrogen-bond donors (Lipinski definition) is 1. The number of aromatic nitrogens is 5. The summed E-state index contributed by atoms with van der Waals surface area (Å²) in [4.78, 5) is 36.8. The molecule has 0 unspecified atom stereocenters. The fourth-order valence-corrected chi connectivity index (χ4v) is 5.17. The average molecular weight is 516 g/mol. The van der Waals surface area contributed by atoms with Gasteiger partial charge in [-0.3, -0.25) is 24.6 Å².